The van der Waals surface area contributed by atoms with E-state index in [9.17, 15) is 0 Å². The van der Waals surface area contributed by atoms with Crippen LogP contribution >= 0.6 is 11.8 Å². The molecule has 0 aliphatic carbocycles. The van der Waals surface area contributed by atoms with Crippen LogP contribution in [-0.2, 0) is 5.75 Å². The predicted octanol–water partition coefficient (Wildman–Crippen LogP) is 3.90. The molecule has 7 heteroatoms. The Labute approximate surface area is 157 Å². The first-order valence-corrected chi connectivity index (χ1v) is 9.21. The van der Waals surface area contributed by atoms with E-state index in [1.165, 1.54) is 11.1 Å². The van der Waals surface area contributed by atoms with Crippen LogP contribution in [0.1, 0.15) is 22.3 Å². The third kappa shape index (κ3) is 3.83. The average Bonchev–Trinajstić information content (AvgIpc) is 3.08. The molecule has 0 unspecified atom stereocenters. The summed E-state index contributed by atoms with van der Waals surface area (Å²) in [6.45, 7) is 6.20. The van der Waals surface area contributed by atoms with Crippen LogP contribution in [0.2, 0.25) is 0 Å². The van der Waals surface area contributed by atoms with E-state index in [1.807, 2.05) is 12.1 Å². The number of ether oxygens (including phenoxy) is 2. The van der Waals surface area contributed by atoms with Gasteiger partial charge in [0.1, 0.15) is 0 Å². The van der Waals surface area contributed by atoms with Crippen molar-refractivity contribution < 1.29 is 9.47 Å². The van der Waals surface area contributed by atoms with Crippen molar-refractivity contribution in [2.24, 2.45) is 0 Å². The molecule has 0 amide bonds. The van der Waals surface area contributed by atoms with Gasteiger partial charge in [0, 0.05) is 5.75 Å². The van der Waals surface area contributed by atoms with Gasteiger partial charge in [0.05, 0.1) is 19.9 Å². The van der Waals surface area contributed by atoms with E-state index >= 15 is 0 Å². The fraction of sp³-hybridized carbons (Fsp3) is 0.316. The Bertz CT molecular complexity index is 904. The lowest BCUT2D eigenvalue weighted by molar-refractivity contribution is 0.354. The van der Waals surface area contributed by atoms with Gasteiger partial charge in [-0.25, -0.2) is 0 Å². The Hall–Kier alpha value is -2.54. The molecule has 0 atom stereocenters. The number of tetrazole rings is 1. The summed E-state index contributed by atoms with van der Waals surface area (Å²) in [6.07, 6.45) is 0. The van der Waals surface area contributed by atoms with Crippen LogP contribution in [0.5, 0.6) is 11.5 Å². The third-order valence-corrected chi connectivity index (χ3v) is 5.06. The topological polar surface area (TPSA) is 62.1 Å². The number of aromatic nitrogens is 4. The van der Waals surface area contributed by atoms with Crippen molar-refractivity contribution in [3.8, 4) is 17.2 Å². The van der Waals surface area contributed by atoms with Crippen LogP contribution < -0.4 is 9.47 Å². The van der Waals surface area contributed by atoms with Gasteiger partial charge in [-0.3, -0.25) is 0 Å². The quantitative estimate of drug-likeness (QED) is 0.613. The molecule has 0 radical (unpaired) electrons. The Balaban J connectivity index is 1.85. The van der Waals surface area contributed by atoms with E-state index in [0.717, 1.165) is 39.2 Å². The number of hydrogen-bond donors (Lipinski definition) is 0. The van der Waals surface area contributed by atoms with Crippen molar-refractivity contribution in [3.63, 3.8) is 0 Å². The third-order valence-electron chi connectivity index (χ3n) is 4.09. The first kappa shape index (κ1) is 18.3. The van der Waals surface area contributed by atoms with Crippen molar-refractivity contribution in [1.82, 2.24) is 20.2 Å². The van der Waals surface area contributed by atoms with E-state index in [1.54, 1.807) is 30.7 Å². The summed E-state index contributed by atoms with van der Waals surface area (Å²) in [5, 5.41) is 12.9. The van der Waals surface area contributed by atoms with Gasteiger partial charge in [-0.05, 0) is 77.7 Å². The SMILES string of the molecule is COc1cc(C)c(CSc2nnnn2-c2cc(C)cc(C)c2)cc1OC. The minimum atomic E-state index is 0.725. The van der Waals surface area contributed by atoms with E-state index in [4.69, 9.17) is 9.47 Å². The van der Waals surface area contributed by atoms with Crippen LogP contribution in [-0.4, -0.2) is 34.4 Å². The lowest BCUT2D eigenvalue weighted by atomic mass is 10.1. The van der Waals surface area contributed by atoms with E-state index < -0.39 is 0 Å². The maximum Gasteiger partial charge on any atom is 0.214 e. The molecule has 0 saturated heterocycles. The molecule has 2 aromatic carbocycles. The Morgan fingerprint density at radius 2 is 1.58 bits per heavy atom. The number of benzene rings is 2. The highest BCUT2D eigenvalue weighted by molar-refractivity contribution is 7.98. The molecule has 1 aromatic heterocycles. The molecule has 136 valence electrons. The standard InChI is InChI=1S/C19H22N4O2S/c1-12-6-13(2)8-16(7-12)23-19(20-21-22-23)26-11-15-10-18(25-5)17(24-4)9-14(15)3/h6-10H,11H2,1-5H3. The molecule has 3 aromatic rings. The fourth-order valence-corrected chi connectivity index (χ4v) is 3.78. The number of thioether (sulfide) groups is 1. The number of methoxy groups -OCH3 is 2. The van der Waals surface area contributed by atoms with Crippen molar-refractivity contribution in [2.75, 3.05) is 14.2 Å². The van der Waals surface area contributed by atoms with Crippen LogP contribution in [0.25, 0.3) is 5.69 Å². The first-order chi connectivity index (χ1) is 12.5. The van der Waals surface area contributed by atoms with Gasteiger partial charge < -0.3 is 9.47 Å². The normalized spacial score (nSPS) is 10.8. The van der Waals surface area contributed by atoms with Crippen molar-refractivity contribution in [2.45, 2.75) is 31.7 Å². The zero-order chi connectivity index (χ0) is 18.7. The molecule has 1 heterocycles. The molecule has 0 fully saturated rings. The largest absolute Gasteiger partial charge is 0.493 e. The maximum absolute atomic E-state index is 5.41. The second kappa shape index (κ2) is 7.78. The number of rotatable bonds is 6. The van der Waals surface area contributed by atoms with Gasteiger partial charge in [-0.2, -0.15) is 4.68 Å². The molecule has 0 spiro atoms. The minimum Gasteiger partial charge on any atom is -0.493 e. The number of hydrogen-bond acceptors (Lipinski definition) is 6. The van der Waals surface area contributed by atoms with Gasteiger partial charge in [-0.15, -0.1) is 5.10 Å². The highest BCUT2D eigenvalue weighted by Crippen LogP contribution is 2.33. The minimum absolute atomic E-state index is 0.725. The molecule has 26 heavy (non-hydrogen) atoms. The Morgan fingerprint density at radius 1 is 0.923 bits per heavy atom. The van der Waals surface area contributed by atoms with Gasteiger partial charge in [0.2, 0.25) is 5.16 Å². The number of nitrogens with zero attached hydrogens (tertiary/aromatic N) is 4. The summed E-state index contributed by atoms with van der Waals surface area (Å²) < 4.78 is 12.5. The lowest BCUT2D eigenvalue weighted by Crippen LogP contribution is -2.01. The van der Waals surface area contributed by atoms with Crippen molar-refractivity contribution in [3.05, 3.63) is 52.6 Å². The highest BCUT2D eigenvalue weighted by Gasteiger charge is 2.13. The predicted molar refractivity (Wildman–Crippen MR) is 102 cm³/mol. The molecule has 0 aliphatic heterocycles. The molecule has 0 bridgehead atoms. The Morgan fingerprint density at radius 3 is 2.23 bits per heavy atom. The van der Waals surface area contributed by atoms with Gasteiger partial charge in [0.15, 0.2) is 11.5 Å². The van der Waals surface area contributed by atoms with Crippen LogP contribution in [0.3, 0.4) is 0 Å². The second-order valence-corrected chi connectivity index (χ2v) is 7.08. The summed E-state index contributed by atoms with van der Waals surface area (Å²) >= 11 is 1.59. The molecule has 0 aliphatic rings. The summed E-state index contributed by atoms with van der Waals surface area (Å²) in [5.74, 6) is 2.19. The number of aryl methyl sites for hydroxylation is 3. The molecule has 0 saturated carbocycles. The summed E-state index contributed by atoms with van der Waals surface area (Å²) in [7, 11) is 3.29. The summed E-state index contributed by atoms with van der Waals surface area (Å²) in [4.78, 5) is 0. The van der Waals surface area contributed by atoms with Gasteiger partial charge in [0.25, 0.3) is 0 Å². The summed E-state index contributed by atoms with van der Waals surface area (Å²) in [6, 6.07) is 10.3. The molecular weight excluding hydrogens is 348 g/mol. The van der Waals surface area contributed by atoms with Crippen LogP contribution in [0, 0.1) is 20.8 Å². The van der Waals surface area contributed by atoms with E-state index in [2.05, 4.69) is 54.5 Å². The van der Waals surface area contributed by atoms with Crippen LogP contribution in [0.15, 0.2) is 35.5 Å². The second-order valence-electron chi connectivity index (χ2n) is 6.14. The van der Waals surface area contributed by atoms with Crippen LogP contribution in [0.4, 0.5) is 0 Å². The average molecular weight is 370 g/mol. The smallest absolute Gasteiger partial charge is 0.214 e. The first-order valence-electron chi connectivity index (χ1n) is 8.23. The summed E-state index contributed by atoms with van der Waals surface area (Å²) in [5.41, 5.74) is 5.63. The fourth-order valence-electron chi connectivity index (χ4n) is 2.82. The zero-order valence-corrected chi connectivity index (χ0v) is 16.4. The maximum atomic E-state index is 5.41. The Kier molecular flexibility index (Phi) is 5.46. The molecule has 3 rings (SSSR count). The zero-order valence-electron chi connectivity index (χ0n) is 15.6. The van der Waals surface area contributed by atoms with Crippen molar-refractivity contribution >= 4 is 11.8 Å². The van der Waals surface area contributed by atoms with Crippen molar-refractivity contribution in [1.29, 1.82) is 0 Å². The van der Waals surface area contributed by atoms with Gasteiger partial charge >= 0.3 is 0 Å². The van der Waals surface area contributed by atoms with Gasteiger partial charge in [-0.1, -0.05) is 17.8 Å². The monoisotopic (exact) mass is 370 g/mol. The molecular formula is C19H22N4O2S. The van der Waals surface area contributed by atoms with E-state index in [-0.39, 0.29) is 0 Å². The lowest BCUT2D eigenvalue weighted by Gasteiger charge is -2.12. The van der Waals surface area contributed by atoms with E-state index in [0.29, 0.717) is 0 Å². The molecule has 0 N–H and O–H groups in total. The molecule has 6 nitrogen and oxygen atoms in total. The highest BCUT2D eigenvalue weighted by atomic mass is 32.2.